The molecule has 12 heavy (non-hydrogen) atoms. The predicted octanol–water partition coefficient (Wildman–Crippen LogP) is 0.897. The Morgan fingerprint density at radius 3 is 3.17 bits per heavy atom. The Morgan fingerprint density at radius 1 is 1.67 bits per heavy atom. The van der Waals surface area contributed by atoms with E-state index in [0.717, 1.165) is 5.57 Å². The summed E-state index contributed by atoms with van der Waals surface area (Å²) in [6.45, 7) is 0.610. The second-order valence-electron chi connectivity index (χ2n) is 2.58. The molecule has 0 aliphatic carbocycles. The lowest BCUT2D eigenvalue weighted by Crippen LogP contribution is -1.99. The number of hydrogen-bond donors (Lipinski definition) is 1. The fourth-order valence-corrected chi connectivity index (χ4v) is 1.11. The molecule has 4 heteroatoms. The highest BCUT2D eigenvalue weighted by Gasteiger charge is 2.16. The highest BCUT2D eigenvalue weighted by atomic mass is 16.5. The second kappa shape index (κ2) is 2.81. The summed E-state index contributed by atoms with van der Waals surface area (Å²) in [4.78, 5) is 11.5. The molecule has 1 aliphatic heterocycles. The average molecular weight is 164 g/mol. The fraction of sp³-hybridized carbons (Fsp3) is 0.250. The summed E-state index contributed by atoms with van der Waals surface area (Å²) in [5, 5.41) is 6.30. The van der Waals surface area contributed by atoms with Gasteiger partial charge in [0.2, 0.25) is 0 Å². The van der Waals surface area contributed by atoms with Crippen molar-refractivity contribution in [2.45, 2.75) is 6.42 Å². The Hall–Kier alpha value is -1.58. The first kappa shape index (κ1) is 7.09. The number of aromatic nitrogens is 2. The first-order valence-electron chi connectivity index (χ1n) is 3.72. The number of Topliss-reactive ketones (excluding diaryl/α,β-unsaturated/α-hetero) is 1. The molecule has 0 unspecified atom stereocenters. The lowest BCUT2D eigenvalue weighted by atomic mass is 10.1. The molecular weight excluding hydrogens is 156 g/mol. The molecule has 1 aliphatic rings. The minimum absolute atomic E-state index is 0.00116. The van der Waals surface area contributed by atoms with Crippen LogP contribution in [-0.2, 0) is 4.74 Å². The van der Waals surface area contributed by atoms with E-state index < -0.39 is 0 Å². The molecule has 0 fully saturated rings. The van der Waals surface area contributed by atoms with Crippen LogP contribution in [0.2, 0.25) is 0 Å². The normalized spacial score (nSPS) is 15.5. The van der Waals surface area contributed by atoms with Gasteiger partial charge in [0.15, 0.2) is 5.78 Å². The molecule has 2 rings (SSSR count). The molecule has 0 spiro atoms. The molecular formula is C8H8N2O2. The summed E-state index contributed by atoms with van der Waals surface area (Å²) < 4.78 is 4.96. The van der Waals surface area contributed by atoms with Crippen molar-refractivity contribution in [1.29, 1.82) is 0 Å². The van der Waals surface area contributed by atoms with E-state index in [0.29, 0.717) is 18.6 Å². The van der Waals surface area contributed by atoms with Gasteiger partial charge >= 0.3 is 0 Å². The molecule has 0 radical (unpaired) electrons. The van der Waals surface area contributed by atoms with E-state index in [1.165, 1.54) is 12.5 Å². The zero-order chi connectivity index (χ0) is 8.39. The number of rotatable bonds is 2. The van der Waals surface area contributed by atoms with E-state index in [9.17, 15) is 4.79 Å². The lowest BCUT2D eigenvalue weighted by molar-refractivity contribution is 0.103. The quantitative estimate of drug-likeness (QED) is 0.660. The van der Waals surface area contributed by atoms with Crippen LogP contribution in [0.3, 0.4) is 0 Å². The van der Waals surface area contributed by atoms with Crippen LogP contribution in [0.4, 0.5) is 0 Å². The summed E-state index contributed by atoms with van der Waals surface area (Å²) in [6.07, 6.45) is 5.32. The summed E-state index contributed by atoms with van der Waals surface area (Å²) in [5.41, 5.74) is 1.31. The van der Waals surface area contributed by atoms with Crippen LogP contribution in [0.1, 0.15) is 16.8 Å². The van der Waals surface area contributed by atoms with E-state index in [4.69, 9.17) is 4.74 Å². The fourth-order valence-electron chi connectivity index (χ4n) is 1.11. The van der Waals surface area contributed by atoms with E-state index in [2.05, 4.69) is 10.2 Å². The van der Waals surface area contributed by atoms with Gasteiger partial charge in [0.25, 0.3) is 0 Å². The lowest BCUT2D eigenvalue weighted by Gasteiger charge is -1.92. The number of carbonyl (C=O) groups excluding carboxylic acids is 1. The zero-order valence-corrected chi connectivity index (χ0v) is 6.41. The van der Waals surface area contributed by atoms with Gasteiger partial charge in [-0.15, -0.1) is 0 Å². The van der Waals surface area contributed by atoms with Crippen molar-refractivity contribution >= 4 is 5.78 Å². The molecule has 0 atom stereocenters. The summed E-state index contributed by atoms with van der Waals surface area (Å²) in [6, 6.07) is 0. The number of nitrogens with zero attached hydrogens (tertiary/aromatic N) is 1. The minimum atomic E-state index is 0.00116. The Balaban J connectivity index is 2.20. The Bertz CT molecular complexity index is 314. The smallest absolute Gasteiger partial charge is 0.195 e. The van der Waals surface area contributed by atoms with Crippen LogP contribution in [0.25, 0.3) is 0 Å². The van der Waals surface area contributed by atoms with Gasteiger partial charge < -0.3 is 4.74 Å². The van der Waals surface area contributed by atoms with Gasteiger partial charge in [0.05, 0.1) is 24.6 Å². The van der Waals surface area contributed by atoms with Crippen molar-refractivity contribution in [3.05, 3.63) is 29.8 Å². The Labute approximate surface area is 69.2 Å². The maximum Gasteiger partial charge on any atom is 0.195 e. The first-order valence-corrected chi connectivity index (χ1v) is 3.72. The van der Waals surface area contributed by atoms with Crippen LogP contribution in [0, 0.1) is 0 Å². The summed E-state index contributed by atoms with van der Waals surface area (Å²) >= 11 is 0. The van der Waals surface area contributed by atoms with Crippen molar-refractivity contribution in [3.63, 3.8) is 0 Å². The third-order valence-electron chi connectivity index (χ3n) is 1.77. The third kappa shape index (κ3) is 1.11. The predicted molar refractivity (Wildman–Crippen MR) is 41.6 cm³/mol. The van der Waals surface area contributed by atoms with Gasteiger partial charge in [-0.05, 0) is 0 Å². The van der Waals surface area contributed by atoms with Crippen LogP contribution in [-0.4, -0.2) is 22.6 Å². The highest BCUT2D eigenvalue weighted by molar-refractivity contribution is 6.08. The maximum atomic E-state index is 11.5. The number of nitrogens with one attached hydrogen (secondary N) is 1. The third-order valence-corrected chi connectivity index (χ3v) is 1.77. The number of aromatic amines is 1. The maximum absolute atomic E-state index is 11.5. The van der Waals surface area contributed by atoms with E-state index >= 15 is 0 Å². The van der Waals surface area contributed by atoms with Crippen LogP contribution < -0.4 is 0 Å². The molecule has 2 heterocycles. The molecule has 1 aromatic heterocycles. The summed E-state index contributed by atoms with van der Waals surface area (Å²) in [7, 11) is 0. The van der Waals surface area contributed by atoms with Gasteiger partial charge in [-0.2, -0.15) is 5.10 Å². The van der Waals surface area contributed by atoms with E-state index in [1.54, 1.807) is 6.20 Å². The molecule has 0 bridgehead atoms. The largest absolute Gasteiger partial charge is 0.500 e. The molecule has 0 saturated heterocycles. The van der Waals surface area contributed by atoms with Gasteiger partial charge in [-0.25, -0.2) is 0 Å². The van der Waals surface area contributed by atoms with Crippen LogP contribution in [0.15, 0.2) is 24.2 Å². The SMILES string of the molecule is O=C(C1=COCC1)c1cn[nH]c1. The number of ether oxygens (including phenoxy) is 1. The summed E-state index contributed by atoms with van der Waals surface area (Å²) in [5.74, 6) is 0.00116. The van der Waals surface area contributed by atoms with E-state index in [-0.39, 0.29) is 5.78 Å². The number of ketones is 1. The Morgan fingerprint density at radius 2 is 2.58 bits per heavy atom. The number of hydrogen-bond acceptors (Lipinski definition) is 3. The van der Waals surface area contributed by atoms with Crippen LogP contribution in [0.5, 0.6) is 0 Å². The number of carbonyl (C=O) groups is 1. The van der Waals surface area contributed by atoms with Gasteiger partial charge in [-0.3, -0.25) is 9.89 Å². The monoisotopic (exact) mass is 164 g/mol. The minimum Gasteiger partial charge on any atom is -0.500 e. The topological polar surface area (TPSA) is 55.0 Å². The molecule has 0 amide bonds. The van der Waals surface area contributed by atoms with Crippen molar-refractivity contribution in [3.8, 4) is 0 Å². The van der Waals surface area contributed by atoms with Crippen molar-refractivity contribution in [2.24, 2.45) is 0 Å². The van der Waals surface area contributed by atoms with Crippen molar-refractivity contribution in [2.75, 3.05) is 6.61 Å². The second-order valence-corrected chi connectivity index (χ2v) is 2.58. The standard InChI is InChI=1S/C8H8N2O2/c11-8(6-1-2-12-5-6)7-3-9-10-4-7/h3-5H,1-2H2,(H,9,10). The van der Waals surface area contributed by atoms with E-state index in [1.807, 2.05) is 0 Å². The molecule has 1 aromatic rings. The highest BCUT2D eigenvalue weighted by Crippen LogP contribution is 2.15. The van der Waals surface area contributed by atoms with Crippen molar-refractivity contribution in [1.82, 2.24) is 10.2 Å². The van der Waals surface area contributed by atoms with Gasteiger partial charge in [0.1, 0.15) is 0 Å². The molecule has 0 saturated carbocycles. The molecule has 62 valence electrons. The molecule has 0 aromatic carbocycles. The van der Waals surface area contributed by atoms with Gasteiger partial charge in [0, 0.05) is 18.2 Å². The Kier molecular flexibility index (Phi) is 1.66. The molecule has 4 nitrogen and oxygen atoms in total. The zero-order valence-electron chi connectivity index (χ0n) is 6.41. The average Bonchev–Trinajstić information content (AvgIpc) is 2.77. The van der Waals surface area contributed by atoms with Gasteiger partial charge in [-0.1, -0.05) is 0 Å². The first-order chi connectivity index (χ1) is 5.88. The van der Waals surface area contributed by atoms with Crippen LogP contribution >= 0.6 is 0 Å². The number of H-pyrrole nitrogens is 1. The molecule has 1 N–H and O–H groups in total. The van der Waals surface area contributed by atoms with Crippen molar-refractivity contribution < 1.29 is 9.53 Å².